The quantitative estimate of drug-likeness (QED) is 0.915. The first-order chi connectivity index (χ1) is 10.7. The molecule has 2 bridgehead atoms. The van der Waals surface area contributed by atoms with E-state index < -0.39 is 0 Å². The number of piperidine rings is 1. The van der Waals surface area contributed by atoms with E-state index in [0.717, 1.165) is 24.9 Å². The van der Waals surface area contributed by atoms with Crippen molar-refractivity contribution in [1.29, 1.82) is 0 Å². The lowest BCUT2D eigenvalue weighted by Crippen LogP contribution is -2.47. The maximum atomic E-state index is 12.3. The summed E-state index contributed by atoms with van der Waals surface area (Å²) in [6.07, 6.45) is 2.22. The number of furan rings is 1. The maximum Gasteiger partial charge on any atom is 0.287 e. The molecule has 22 heavy (non-hydrogen) atoms. The Balaban J connectivity index is 1.49. The van der Waals surface area contributed by atoms with Gasteiger partial charge in [0.1, 0.15) is 5.76 Å². The third kappa shape index (κ3) is 2.42. The summed E-state index contributed by atoms with van der Waals surface area (Å²) in [5.41, 5.74) is 0.796. The van der Waals surface area contributed by atoms with Gasteiger partial charge in [0.15, 0.2) is 5.76 Å². The van der Waals surface area contributed by atoms with E-state index in [4.69, 9.17) is 16.0 Å². The fraction of sp³-hybridized carbons (Fsp3) is 0.353. The van der Waals surface area contributed by atoms with Gasteiger partial charge in [0, 0.05) is 17.6 Å². The van der Waals surface area contributed by atoms with E-state index in [9.17, 15) is 4.79 Å². The predicted octanol–water partition coefficient (Wildman–Crippen LogP) is 3.08. The second kappa shape index (κ2) is 5.45. The standard InChI is InChI=1S/C17H17ClN2O2/c18-12-4-2-1-3-11(12)15-5-6-16(22-15)17(21)20-14-8-10-7-13(14)19-9-10/h1-6,10,13-14,19H,7-9H2,(H,20,21). The largest absolute Gasteiger partial charge is 0.451 e. The third-order valence-corrected chi connectivity index (χ3v) is 4.94. The van der Waals surface area contributed by atoms with Gasteiger partial charge in [0.2, 0.25) is 0 Å². The van der Waals surface area contributed by atoms with Crippen molar-refractivity contribution in [3.63, 3.8) is 0 Å². The van der Waals surface area contributed by atoms with Crippen molar-refractivity contribution in [3.05, 3.63) is 47.2 Å². The van der Waals surface area contributed by atoms with Crippen molar-refractivity contribution in [3.8, 4) is 11.3 Å². The Labute approximate surface area is 133 Å². The van der Waals surface area contributed by atoms with E-state index in [1.165, 1.54) is 0 Å². The highest BCUT2D eigenvalue weighted by molar-refractivity contribution is 6.33. The number of carbonyl (C=O) groups is 1. The first-order valence-corrected chi connectivity index (χ1v) is 7.97. The maximum absolute atomic E-state index is 12.3. The number of halogens is 1. The minimum absolute atomic E-state index is 0.155. The van der Waals surface area contributed by atoms with Crippen LogP contribution in [0.2, 0.25) is 5.02 Å². The van der Waals surface area contributed by atoms with Gasteiger partial charge in [-0.15, -0.1) is 0 Å². The van der Waals surface area contributed by atoms with Gasteiger partial charge in [0.25, 0.3) is 5.91 Å². The van der Waals surface area contributed by atoms with E-state index in [1.807, 2.05) is 18.2 Å². The van der Waals surface area contributed by atoms with Crippen LogP contribution in [-0.4, -0.2) is 24.5 Å². The van der Waals surface area contributed by atoms with Crippen molar-refractivity contribution in [2.45, 2.75) is 24.9 Å². The minimum atomic E-state index is -0.155. The number of fused-ring (bicyclic) bond motifs is 2. The molecule has 2 heterocycles. The summed E-state index contributed by atoms with van der Waals surface area (Å²) in [6.45, 7) is 1.08. The normalized spacial score (nSPS) is 26.3. The van der Waals surface area contributed by atoms with Gasteiger partial charge < -0.3 is 15.1 Å². The van der Waals surface area contributed by atoms with Crippen LogP contribution in [0.15, 0.2) is 40.8 Å². The molecule has 3 atom stereocenters. The van der Waals surface area contributed by atoms with Crippen molar-refractivity contribution >= 4 is 17.5 Å². The number of rotatable bonds is 3. The van der Waals surface area contributed by atoms with Crippen LogP contribution in [0.3, 0.4) is 0 Å². The van der Waals surface area contributed by atoms with Crippen LogP contribution in [0.5, 0.6) is 0 Å². The number of benzene rings is 1. The van der Waals surface area contributed by atoms with Gasteiger partial charge in [-0.1, -0.05) is 23.7 Å². The second-order valence-electron chi connectivity index (χ2n) is 6.08. The van der Waals surface area contributed by atoms with Crippen molar-refractivity contribution in [2.75, 3.05) is 6.54 Å². The van der Waals surface area contributed by atoms with Crippen LogP contribution in [0.4, 0.5) is 0 Å². The lowest BCUT2D eigenvalue weighted by Gasteiger charge is -2.23. The highest BCUT2D eigenvalue weighted by atomic mass is 35.5. The molecule has 1 saturated carbocycles. The van der Waals surface area contributed by atoms with Crippen LogP contribution in [-0.2, 0) is 0 Å². The van der Waals surface area contributed by atoms with E-state index in [1.54, 1.807) is 18.2 Å². The summed E-state index contributed by atoms with van der Waals surface area (Å²) in [7, 11) is 0. The molecule has 0 spiro atoms. The molecule has 2 N–H and O–H groups in total. The van der Waals surface area contributed by atoms with Gasteiger partial charge >= 0.3 is 0 Å². The zero-order chi connectivity index (χ0) is 15.1. The SMILES string of the molecule is O=C(NC1CC2CNC1C2)c1ccc(-c2ccccc2Cl)o1. The molecule has 2 aliphatic rings. The molecule has 1 amide bonds. The number of carbonyl (C=O) groups excluding carboxylic acids is 1. The minimum Gasteiger partial charge on any atom is -0.451 e. The molecule has 4 nitrogen and oxygen atoms in total. The Kier molecular flexibility index (Phi) is 3.43. The Bertz CT molecular complexity index is 712. The molecule has 2 aromatic rings. The van der Waals surface area contributed by atoms with Crippen LogP contribution in [0.25, 0.3) is 11.3 Å². The second-order valence-corrected chi connectivity index (χ2v) is 6.48. The van der Waals surface area contributed by atoms with Gasteiger partial charge in [-0.25, -0.2) is 0 Å². The molecular weight excluding hydrogens is 300 g/mol. The van der Waals surface area contributed by atoms with E-state index in [-0.39, 0.29) is 11.9 Å². The zero-order valence-corrected chi connectivity index (χ0v) is 12.8. The summed E-state index contributed by atoms with van der Waals surface area (Å²) < 4.78 is 5.69. The predicted molar refractivity (Wildman–Crippen MR) is 84.9 cm³/mol. The Hall–Kier alpha value is -1.78. The molecule has 1 saturated heterocycles. The third-order valence-electron chi connectivity index (χ3n) is 4.61. The van der Waals surface area contributed by atoms with Gasteiger partial charge in [-0.3, -0.25) is 4.79 Å². The van der Waals surface area contributed by atoms with Gasteiger partial charge in [-0.2, -0.15) is 0 Å². The van der Waals surface area contributed by atoms with E-state index in [2.05, 4.69) is 10.6 Å². The highest BCUT2D eigenvalue weighted by Crippen LogP contribution is 2.32. The molecule has 0 radical (unpaired) electrons. The first-order valence-electron chi connectivity index (χ1n) is 7.59. The van der Waals surface area contributed by atoms with Crippen molar-refractivity contribution in [1.82, 2.24) is 10.6 Å². The molecule has 114 valence electrons. The lowest BCUT2D eigenvalue weighted by atomic mass is 10.1. The average molecular weight is 317 g/mol. The number of nitrogens with one attached hydrogen (secondary N) is 2. The summed E-state index contributed by atoms with van der Waals surface area (Å²) in [6, 6.07) is 11.5. The molecule has 1 aliphatic carbocycles. The monoisotopic (exact) mass is 316 g/mol. The number of amides is 1. The molecule has 2 fully saturated rings. The highest BCUT2D eigenvalue weighted by Gasteiger charge is 2.40. The fourth-order valence-corrected chi connectivity index (χ4v) is 3.75. The topological polar surface area (TPSA) is 54.3 Å². The molecule has 1 aromatic carbocycles. The Morgan fingerprint density at radius 1 is 1.23 bits per heavy atom. The number of hydrogen-bond acceptors (Lipinski definition) is 3. The average Bonchev–Trinajstić information content (AvgIpc) is 3.24. The van der Waals surface area contributed by atoms with Crippen molar-refractivity contribution < 1.29 is 9.21 Å². The summed E-state index contributed by atoms with van der Waals surface area (Å²) >= 11 is 6.16. The van der Waals surface area contributed by atoms with Crippen LogP contribution in [0, 0.1) is 5.92 Å². The smallest absolute Gasteiger partial charge is 0.287 e. The first kappa shape index (κ1) is 13.9. The number of hydrogen-bond donors (Lipinski definition) is 2. The van der Waals surface area contributed by atoms with E-state index in [0.29, 0.717) is 28.5 Å². The summed E-state index contributed by atoms with van der Waals surface area (Å²) in [5.74, 6) is 1.49. The Morgan fingerprint density at radius 3 is 2.82 bits per heavy atom. The Morgan fingerprint density at radius 2 is 2.09 bits per heavy atom. The fourth-order valence-electron chi connectivity index (χ4n) is 3.52. The van der Waals surface area contributed by atoms with Gasteiger partial charge in [0.05, 0.1) is 5.02 Å². The molecule has 5 heteroatoms. The molecule has 4 rings (SSSR count). The molecule has 1 aliphatic heterocycles. The van der Waals surface area contributed by atoms with Crippen LogP contribution in [0.1, 0.15) is 23.4 Å². The van der Waals surface area contributed by atoms with Crippen LogP contribution >= 0.6 is 11.6 Å². The van der Waals surface area contributed by atoms with Crippen LogP contribution < -0.4 is 10.6 Å². The summed E-state index contributed by atoms with van der Waals surface area (Å²) in [5, 5.41) is 7.13. The molecular formula is C17H17ClN2O2. The zero-order valence-electron chi connectivity index (χ0n) is 12.0. The van der Waals surface area contributed by atoms with Crippen molar-refractivity contribution in [2.24, 2.45) is 5.92 Å². The van der Waals surface area contributed by atoms with Gasteiger partial charge in [-0.05, 0) is 49.6 Å². The summed E-state index contributed by atoms with van der Waals surface area (Å²) in [4.78, 5) is 12.3. The van der Waals surface area contributed by atoms with E-state index >= 15 is 0 Å². The lowest BCUT2D eigenvalue weighted by molar-refractivity contribution is 0.0901. The molecule has 3 unspecified atom stereocenters. The molecule has 1 aromatic heterocycles.